The molecule has 2 aromatic carbocycles. The zero-order valence-electron chi connectivity index (χ0n) is 14.2. The van der Waals surface area contributed by atoms with Crippen LogP contribution in [-0.2, 0) is 4.79 Å². The first-order chi connectivity index (χ1) is 12.0. The molecule has 0 aliphatic carbocycles. The maximum absolute atomic E-state index is 12.1. The number of hydrogen-bond donors (Lipinski definition) is 1. The smallest absolute Gasteiger partial charge is 0.225 e. The van der Waals surface area contributed by atoms with E-state index in [1.165, 1.54) is 16.5 Å². The second kappa shape index (κ2) is 7.89. The summed E-state index contributed by atoms with van der Waals surface area (Å²) in [4.78, 5) is 16.8. The number of aryl methyl sites for hydroxylation is 2. The summed E-state index contributed by atoms with van der Waals surface area (Å²) in [7, 11) is 0. The SMILES string of the molecule is Cc1cc(SCCC(=O)Nc2ccccc2Cl)nc2c(C)cccc12. The minimum Gasteiger partial charge on any atom is -0.325 e. The molecule has 0 fully saturated rings. The number of anilines is 1. The minimum atomic E-state index is -0.0470. The van der Waals surface area contributed by atoms with Crippen molar-refractivity contribution in [2.75, 3.05) is 11.1 Å². The Balaban J connectivity index is 1.62. The monoisotopic (exact) mass is 370 g/mol. The second-order valence-corrected chi connectivity index (χ2v) is 7.40. The Hall–Kier alpha value is -2.04. The van der Waals surface area contributed by atoms with Crippen LogP contribution in [0.3, 0.4) is 0 Å². The Bertz CT molecular complexity index is 927. The van der Waals surface area contributed by atoms with Crippen molar-refractivity contribution in [2.45, 2.75) is 25.3 Å². The van der Waals surface area contributed by atoms with E-state index >= 15 is 0 Å². The molecule has 3 nitrogen and oxygen atoms in total. The van der Waals surface area contributed by atoms with Crippen LogP contribution in [0.1, 0.15) is 17.5 Å². The van der Waals surface area contributed by atoms with Gasteiger partial charge in [0.2, 0.25) is 5.91 Å². The highest BCUT2D eigenvalue weighted by Crippen LogP contribution is 2.26. The van der Waals surface area contributed by atoms with Crippen LogP contribution in [0.25, 0.3) is 10.9 Å². The van der Waals surface area contributed by atoms with E-state index in [-0.39, 0.29) is 5.91 Å². The molecule has 3 aromatic rings. The number of fused-ring (bicyclic) bond motifs is 1. The molecular weight excluding hydrogens is 352 g/mol. The Morgan fingerprint density at radius 1 is 1.12 bits per heavy atom. The van der Waals surface area contributed by atoms with Gasteiger partial charge in [-0.2, -0.15) is 0 Å². The largest absolute Gasteiger partial charge is 0.325 e. The molecule has 1 heterocycles. The lowest BCUT2D eigenvalue weighted by Gasteiger charge is -2.09. The topological polar surface area (TPSA) is 42.0 Å². The Labute approximate surface area is 156 Å². The number of aromatic nitrogens is 1. The molecule has 0 saturated carbocycles. The summed E-state index contributed by atoms with van der Waals surface area (Å²) in [6, 6.07) is 15.5. The van der Waals surface area contributed by atoms with Gasteiger partial charge < -0.3 is 5.32 Å². The fourth-order valence-electron chi connectivity index (χ4n) is 2.63. The van der Waals surface area contributed by atoms with Crippen molar-refractivity contribution in [3.63, 3.8) is 0 Å². The number of carbonyl (C=O) groups is 1. The standard InChI is InChI=1S/C20H19ClN2OS/c1-13-6-5-7-15-14(2)12-19(23-20(13)15)25-11-10-18(24)22-17-9-4-3-8-16(17)21/h3-9,12H,10-11H2,1-2H3,(H,22,24). The average molecular weight is 371 g/mol. The van der Waals surface area contributed by atoms with Gasteiger partial charge in [-0.05, 0) is 43.2 Å². The Morgan fingerprint density at radius 3 is 2.72 bits per heavy atom. The lowest BCUT2D eigenvalue weighted by molar-refractivity contribution is -0.115. The van der Waals surface area contributed by atoms with E-state index in [4.69, 9.17) is 16.6 Å². The van der Waals surface area contributed by atoms with E-state index in [2.05, 4.69) is 43.4 Å². The lowest BCUT2D eigenvalue weighted by Crippen LogP contribution is -2.12. The van der Waals surface area contributed by atoms with Crippen molar-refractivity contribution in [3.05, 3.63) is 64.7 Å². The van der Waals surface area contributed by atoms with Crippen molar-refractivity contribution in [2.24, 2.45) is 0 Å². The molecule has 128 valence electrons. The summed E-state index contributed by atoms with van der Waals surface area (Å²) in [6.45, 7) is 4.16. The Kier molecular flexibility index (Phi) is 5.61. The first kappa shape index (κ1) is 17.8. The molecular formula is C20H19ClN2OS. The van der Waals surface area contributed by atoms with E-state index in [1.807, 2.05) is 12.1 Å². The van der Waals surface area contributed by atoms with Gasteiger partial charge in [-0.25, -0.2) is 4.98 Å². The molecule has 0 bridgehead atoms. The zero-order chi connectivity index (χ0) is 17.8. The van der Waals surface area contributed by atoms with Gasteiger partial charge in [0.25, 0.3) is 0 Å². The van der Waals surface area contributed by atoms with Crippen LogP contribution in [-0.4, -0.2) is 16.6 Å². The van der Waals surface area contributed by atoms with Gasteiger partial charge in [-0.3, -0.25) is 4.79 Å². The summed E-state index contributed by atoms with van der Waals surface area (Å²) in [5.74, 6) is 0.620. The number of amides is 1. The molecule has 0 aliphatic rings. The number of nitrogens with zero attached hydrogens (tertiary/aromatic N) is 1. The number of para-hydroxylation sites is 2. The third-order valence-corrected chi connectivity index (χ3v) is 5.19. The van der Waals surface area contributed by atoms with Crippen molar-refractivity contribution in [1.82, 2.24) is 4.98 Å². The first-order valence-electron chi connectivity index (χ1n) is 8.09. The molecule has 1 amide bonds. The first-order valence-corrected chi connectivity index (χ1v) is 9.45. The van der Waals surface area contributed by atoms with Crippen LogP contribution in [0.2, 0.25) is 5.02 Å². The number of thioether (sulfide) groups is 1. The summed E-state index contributed by atoms with van der Waals surface area (Å²) in [6.07, 6.45) is 0.405. The van der Waals surface area contributed by atoms with Gasteiger partial charge in [0.15, 0.2) is 0 Å². The van der Waals surface area contributed by atoms with Crippen LogP contribution in [0.15, 0.2) is 53.6 Å². The second-order valence-electron chi connectivity index (χ2n) is 5.87. The van der Waals surface area contributed by atoms with Crippen LogP contribution >= 0.6 is 23.4 Å². The number of hydrogen-bond acceptors (Lipinski definition) is 3. The molecule has 0 spiro atoms. The van der Waals surface area contributed by atoms with Gasteiger partial charge in [0.1, 0.15) is 0 Å². The number of carbonyl (C=O) groups excluding carboxylic acids is 1. The summed E-state index contributed by atoms with van der Waals surface area (Å²) in [5, 5.41) is 5.52. The van der Waals surface area contributed by atoms with E-state index in [0.717, 1.165) is 10.5 Å². The van der Waals surface area contributed by atoms with Crippen molar-refractivity contribution >= 4 is 45.9 Å². The predicted molar refractivity (Wildman–Crippen MR) is 107 cm³/mol. The predicted octanol–water partition coefficient (Wildman–Crippen LogP) is 5.63. The highest BCUT2D eigenvalue weighted by Gasteiger charge is 2.08. The molecule has 1 aromatic heterocycles. The summed E-state index contributed by atoms with van der Waals surface area (Å²) >= 11 is 7.65. The molecule has 0 radical (unpaired) electrons. The molecule has 5 heteroatoms. The molecule has 3 rings (SSSR count). The van der Waals surface area contributed by atoms with Gasteiger partial charge >= 0.3 is 0 Å². The zero-order valence-corrected chi connectivity index (χ0v) is 15.7. The van der Waals surface area contributed by atoms with E-state index < -0.39 is 0 Å². The quantitative estimate of drug-likeness (QED) is 0.592. The molecule has 0 saturated heterocycles. The molecule has 0 atom stereocenters. The maximum Gasteiger partial charge on any atom is 0.225 e. The summed E-state index contributed by atoms with van der Waals surface area (Å²) < 4.78 is 0. The average Bonchev–Trinajstić information content (AvgIpc) is 2.58. The minimum absolute atomic E-state index is 0.0470. The highest BCUT2D eigenvalue weighted by molar-refractivity contribution is 7.99. The van der Waals surface area contributed by atoms with Crippen molar-refractivity contribution in [1.29, 1.82) is 0 Å². The van der Waals surface area contributed by atoms with E-state index in [0.29, 0.717) is 22.9 Å². The molecule has 25 heavy (non-hydrogen) atoms. The molecule has 0 aliphatic heterocycles. The number of pyridine rings is 1. The Morgan fingerprint density at radius 2 is 1.92 bits per heavy atom. The van der Waals surface area contributed by atoms with Gasteiger partial charge in [0.05, 0.1) is 21.3 Å². The fourth-order valence-corrected chi connectivity index (χ4v) is 3.72. The van der Waals surface area contributed by atoms with E-state index in [9.17, 15) is 4.79 Å². The van der Waals surface area contributed by atoms with Crippen LogP contribution in [0.5, 0.6) is 0 Å². The van der Waals surface area contributed by atoms with Gasteiger partial charge in [-0.1, -0.05) is 41.9 Å². The fraction of sp³-hybridized carbons (Fsp3) is 0.200. The third-order valence-electron chi connectivity index (χ3n) is 3.95. The van der Waals surface area contributed by atoms with Crippen LogP contribution in [0.4, 0.5) is 5.69 Å². The van der Waals surface area contributed by atoms with Gasteiger partial charge in [0, 0.05) is 17.6 Å². The van der Waals surface area contributed by atoms with Crippen molar-refractivity contribution in [3.8, 4) is 0 Å². The normalized spacial score (nSPS) is 10.8. The molecule has 0 unspecified atom stereocenters. The number of rotatable bonds is 5. The van der Waals surface area contributed by atoms with Crippen LogP contribution < -0.4 is 5.32 Å². The maximum atomic E-state index is 12.1. The number of benzene rings is 2. The highest BCUT2D eigenvalue weighted by atomic mass is 35.5. The van der Waals surface area contributed by atoms with E-state index in [1.54, 1.807) is 23.9 Å². The van der Waals surface area contributed by atoms with Crippen molar-refractivity contribution < 1.29 is 4.79 Å². The lowest BCUT2D eigenvalue weighted by atomic mass is 10.1. The number of nitrogens with one attached hydrogen (secondary N) is 1. The summed E-state index contributed by atoms with van der Waals surface area (Å²) in [5.41, 5.74) is 4.05. The van der Waals surface area contributed by atoms with Gasteiger partial charge in [-0.15, -0.1) is 11.8 Å². The third kappa shape index (κ3) is 4.33. The molecule has 1 N–H and O–H groups in total. The van der Waals surface area contributed by atoms with Crippen LogP contribution in [0, 0.1) is 13.8 Å². The number of halogens is 1.